The summed E-state index contributed by atoms with van der Waals surface area (Å²) in [5, 5.41) is 22.0. The van der Waals surface area contributed by atoms with Crippen LogP contribution in [0.1, 0.15) is 46.0 Å². The quantitative estimate of drug-likeness (QED) is 0.428. The highest BCUT2D eigenvalue weighted by Gasteiger charge is 2.12. The molecule has 3 atom stereocenters. The van der Waals surface area contributed by atoms with E-state index in [-0.39, 0.29) is 12.6 Å². The molecule has 0 spiro atoms. The first-order valence-electron chi connectivity index (χ1n) is 8.26. The molecule has 0 heterocycles. The molecule has 0 aliphatic carbocycles. The van der Waals surface area contributed by atoms with Crippen molar-refractivity contribution in [3.63, 3.8) is 0 Å². The minimum Gasteiger partial charge on any atom is -0.396 e. The van der Waals surface area contributed by atoms with E-state index >= 15 is 0 Å². The summed E-state index contributed by atoms with van der Waals surface area (Å²) in [4.78, 5) is 0. The molecule has 0 aliphatic heterocycles. The Morgan fingerprint density at radius 2 is 1.86 bits per heavy atom. The van der Waals surface area contributed by atoms with Crippen LogP contribution >= 0.6 is 0 Å². The smallest absolute Gasteiger partial charge is 0.0897 e. The van der Waals surface area contributed by atoms with Gasteiger partial charge in [0.05, 0.1) is 19.3 Å². The number of methoxy groups -OCH3 is 1. The molecule has 0 rings (SSSR count). The highest BCUT2D eigenvalue weighted by molar-refractivity contribution is 4.69. The van der Waals surface area contributed by atoms with Gasteiger partial charge in [-0.15, -0.1) is 0 Å². The minimum atomic E-state index is -0.522. The van der Waals surface area contributed by atoms with Gasteiger partial charge in [0.25, 0.3) is 0 Å². The van der Waals surface area contributed by atoms with Crippen molar-refractivity contribution in [1.29, 1.82) is 0 Å². The van der Waals surface area contributed by atoms with Crippen LogP contribution in [0.2, 0.25) is 0 Å². The molecular weight excluding hydrogens is 270 g/mol. The number of hydrogen-bond acceptors (Lipinski definition) is 5. The Kier molecular flexibility index (Phi) is 14.6. The second-order valence-electron chi connectivity index (χ2n) is 5.68. The highest BCUT2D eigenvalue weighted by Crippen LogP contribution is 2.12. The second-order valence-corrected chi connectivity index (χ2v) is 5.68. The molecule has 0 bridgehead atoms. The first-order valence-corrected chi connectivity index (χ1v) is 8.26. The van der Waals surface area contributed by atoms with Gasteiger partial charge in [0.1, 0.15) is 0 Å². The van der Waals surface area contributed by atoms with Crippen LogP contribution < -0.4 is 5.32 Å². The average molecular weight is 305 g/mol. The summed E-state index contributed by atoms with van der Waals surface area (Å²) in [5.74, 6) is 0.598. The summed E-state index contributed by atoms with van der Waals surface area (Å²) in [7, 11) is 1.63. The molecule has 0 fully saturated rings. The molecule has 0 saturated carbocycles. The van der Waals surface area contributed by atoms with Gasteiger partial charge in [-0.1, -0.05) is 33.1 Å². The van der Waals surface area contributed by atoms with Crippen LogP contribution in [0.15, 0.2) is 0 Å². The van der Waals surface area contributed by atoms with Crippen LogP contribution in [0.5, 0.6) is 0 Å². The van der Waals surface area contributed by atoms with Crippen LogP contribution in [0, 0.1) is 5.92 Å². The summed E-state index contributed by atoms with van der Waals surface area (Å²) >= 11 is 0. The first-order chi connectivity index (χ1) is 10.2. The first kappa shape index (κ1) is 20.8. The predicted octanol–water partition coefficient (Wildman–Crippen LogP) is 1.57. The van der Waals surface area contributed by atoms with E-state index < -0.39 is 6.10 Å². The van der Waals surface area contributed by atoms with E-state index in [1.54, 1.807) is 7.11 Å². The van der Waals surface area contributed by atoms with Crippen LogP contribution in [0.25, 0.3) is 0 Å². The van der Waals surface area contributed by atoms with Crippen molar-refractivity contribution >= 4 is 0 Å². The largest absolute Gasteiger partial charge is 0.396 e. The van der Waals surface area contributed by atoms with Crippen molar-refractivity contribution in [2.24, 2.45) is 5.92 Å². The maximum Gasteiger partial charge on any atom is 0.0897 e. The fourth-order valence-corrected chi connectivity index (χ4v) is 2.23. The molecule has 0 amide bonds. The maximum absolute atomic E-state index is 9.91. The van der Waals surface area contributed by atoms with Gasteiger partial charge in [-0.3, -0.25) is 0 Å². The lowest BCUT2D eigenvalue weighted by atomic mass is 10.0. The number of aliphatic hydroxyl groups is 2. The molecule has 0 aromatic carbocycles. The van der Waals surface area contributed by atoms with Gasteiger partial charge >= 0.3 is 0 Å². The number of nitrogens with one attached hydrogen (secondary N) is 1. The lowest BCUT2D eigenvalue weighted by Crippen LogP contribution is -2.40. The molecule has 0 saturated heterocycles. The third kappa shape index (κ3) is 12.1. The van der Waals surface area contributed by atoms with Gasteiger partial charge < -0.3 is 25.0 Å². The van der Waals surface area contributed by atoms with Gasteiger partial charge in [-0.25, -0.2) is 0 Å². The fourth-order valence-electron chi connectivity index (χ4n) is 2.23. The lowest BCUT2D eigenvalue weighted by molar-refractivity contribution is 0.0164. The monoisotopic (exact) mass is 305 g/mol. The number of ether oxygens (including phenoxy) is 2. The highest BCUT2D eigenvalue weighted by atomic mass is 16.5. The summed E-state index contributed by atoms with van der Waals surface area (Å²) < 4.78 is 10.7. The Hall–Kier alpha value is -0.200. The Morgan fingerprint density at radius 3 is 2.43 bits per heavy atom. The summed E-state index contributed by atoms with van der Waals surface area (Å²) in [6.45, 7) is 6.57. The molecule has 5 nitrogen and oxygen atoms in total. The van der Waals surface area contributed by atoms with E-state index in [1.165, 1.54) is 19.3 Å². The average Bonchev–Trinajstić information content (AvgIpc) is 2.48. The number of unbranched alkanes of at least 4 members (excludes halogenated alkanes) is 1. The molecule has 0 aromatic heterocycles. The van der Waals surface area contributed by atoms with Gasteiger partial charge in [0.2, 0.25) is 0 Å². The Bertz CT molecular complexity index is 210. The van der Waals surface area contributed by atoms with Crippen molar-refractivity contribution < 1.29 is 19.7 Å². The Balaban J connectivity index is 3.74. The topological polar surface area (TPSA) is 71.0 Å². The van der Waals surface area contributed by atoms with E-state index in [2.05, 4.69) is 19.2 Å². The summed E-state index contributed by atoms with van der Waals surface area (Å²) in [6.07, 6.45) is 4.89. The Labute approximate surface area is 130 Å². The number of rotatable bonds is 15. The van der Waals surface area contributed by atoms with E-state index in [0.29, 0.717) is 32.1 Å². The number of hydrogen-bond donors (Lipinski definition) is 3. The van der Waals surface area contributed by atoms with Crippen LogP contribution in [-0.4, -0.2) is 62.4 Å². The van der Waals surface area contributed by atoms with E-state index in [4.69, 9.17) is 14.6 Å². The Morgan fingerprint density at radius 1 is 1.10 bits per heavy atom. The van der Waals surface area contributed by atoms with E-state index in [9.17, 15) is 5.11 Å². The minimum absolute atomic E-state index is 0.0718. The van der Waals surface area contributed by atoms with Crippen molar-refractivity contribution in [2.45, 2.75) is 58.1 Å². The SMILES string of the molecule is CCCCC(CC)COCC(O)CNC(CCO)COC. The molecule has 0 radical (unpaired) electrons. The van der Waals surface area contributed by atoms with Crippen LogP contribution in [0.4, 0.5) is 0 Å². The standard InChI is InChI=1S/C16H35NO4/c1-4-6-7-14(5-2)11-21-13-16(19)10-17-15(8-9-18)12-20-3/h14-19H,4-13H2,1-3H3. The normalized spacial score (nSPS) is 15.9. The van der Waals surface area contributed by atoms with Gasteiger partial charge in [-0.2, -0.15) is 0 Å². The third-order valence-electron chi connectivity index (χ3n) is 3.69. The lowest BCUT2D eigenvalue weighted by Gasteiger charge is -2.20. The fraction of sp³-hybridized carbons (Fsp3) is 1.00. The zero-order valence-electron chi connectivity index (χ0n) is 14.0. The molecular formula is C16H35NO4. The summed E-state index contributed by atoms with van der Waals surface area (Å²) in [5.41, 5.74) is 0. The maximum atomic E-state index is 9.91. The third-order valence-corrected chi connectivity index (χ3v) is 3.69. The summed E-state index contributed by atoms with van der Waals surface area (Å²) in [6, 6.07) is 0.0718. The predicted molar refractivity (Wildman–Crippen MR) is 85.5 cm³/mol. The van der Waals surface area contributed by atoms with Gasteiger partial charge in [-0.05, 0) is 18.8 Å². The van der Waals surface area contributed by atoms with E-state index in [1.807, 2.05) is 0 Å². The van der Waals surface area contributed by atoms with Crippen molar-refractivity contribution in [3.8, 4) is 0 Å². The van der Waals surface area contributed by atoms with E-state index in [0.717, 1.165) is 13.0 Å². The molecule has 128 valence electrons. The van der Waals surface area contributed by atoms with Crippen molar-refractivity contribution in [3.05, 3.63) is 0 Å². The molecule has 0 aliphatic rings. The molecule has 3 unspecified atom stereocenters. The number of aliphatic hydroxyl groups excluding tert-OH is 2. The van der Waals surface area contributed by atoms with Crippen LogP contribution in [-0.2, 0) is 9.47 Å². The van der Waals surface area contributed by atoms with Crippen LogP contribution in [0.3, 0.4) is 0 Å². The van der Waals surface area contributed by atoms with Gasteiger partial charge in [0.15, 0.2) is 0 Å². The zero-order chi connectivity index (χ0) is 15.9. The zero-order valence-corrected chi connectivity index (χ0v) is 14.0. The second kappa shape index (κ2) is 14.7. The molecule has 3 N–H and O–H groups in total. The van der Waals surface area contributed by atoms with Gasteiger partial charge in [0, 0.05) is 32.9 Å². The molecule has 0 aromatic rings. The van der Waals surface area contributed by atoms with Crippen molar-refractivity contribution in [2.75, 3.05) is 40.1 Å². The molecule has 21 heavy (non-hydrogen) atoms. The van der Waals surface area contributed by atoms with Crippen molar-refractivity contribution in [1.82, 2.24) is 5.32 Å². The molecule has 5 heteroatoms.